The van der Waals surface area contributed by atoms with Crippen LogP contribution in [0.1, 0.15) is 38.3 Å². The molecule has 0 bridgehead atoms. The molecule has 1 aliphatic heterocycles. The molecule has 0 saturated carbocycles. The fourth-order valence-electron chi connectivity index (χ4n) is 2.79. The number of rotatable bonds is 5. The minimum Gasteiger partial charge on any atom is -0.314 e. The van der Waals surface area contributed by atoms with Gasteiger partial charge in [-0.1, -0.05) is 13.8 Å². The van der Waals surface area contributed by atoms with Crippen molar-refractivity contribution in [2.45, 2.75) is 32.7 Å². The summed E-state index contributed by atoms with van der Waals surface area (Å²) < 4.78 is 15.4. The zero-order valence-electron chi connectivity index (χ0n) is 12.3. The number of piperazine rings is 1. The molecular weight excluding hydrogens is 366 g/mol. The van der Waals surface area contributed by atoms with Crippen LogP contribution >= 0.6 is 22.6 Å². The molecule has 1 fully saturated rings. The van der Waals surface area contributed by atoms with Gasteiger partial charge in [-0.2, -0.15) is 0 Å². The van der Waals surface area contributed by atoms with E-state index in [-0.39, 0.29) is 11.9 Å². The maximum atomic E-state index is 14.3. The van der Waals surface area contributed by atoms with Crippen molar-refractivity contribution in [2.24, 2.45) is 5.92 Å². The molecule has 1 heterocycles. The molecule has 2 nitrogen and oxygen atoms in total. The zero-order valence-corrected chi connectivity index (χ0v) is 14.5. The Labute approximate surface area is 135 Å². The standard InChI is InChI=1S/C16H24FIN2/c1-12(2)3-6-16(20-9-7-19-8-10-20)14-11-13(18)4-5-15(14)17/h4-5,11-12,16,19H,3,6-10H2,1-2H3/t16-/m1/s1. The van der Waals surface area contributed by atoms with Crippen LogP contribution in [0.5, 0.6) is 0 Å². The second kappa shape index (κ2) is 7.71. The predicted octanol–water partition coefficient (Wildman–Crippen LogP) is 3.81. The molecule has 0 amide bonds. The summed E-state index contributed by atoms with van der Waals surface area (Å²) in [4.78, 5) is 2.44. The molecule has 0 radical (unpaired) electrons. The van der Waals surface area contributed by atoms with E-state index < -0.39 is 0 Å². The van der Waals surface area contributed by atoms with E-state index in [0.717, 1.165) is 48.2 Å². The van der Waals surface area contributed by atoms with E-state index in [2.05, 4.69) is 46.7 Å². The Bertz CT molecular complexity index is 430. The van der Waals surface area contributed by atoms with Crippen molar-refractivity contribution in [1.82, 2.24) is 10.2 Å². The van der Waals surface area contributed by atoms with Crippen LogP contribution in [0.2, 0.25) is 0 Å². The van der Waals surface area contributed by atoms with Crippen molar-refractivity contribution < 1.29 is 4.39 Å². The molecule has 1 aliphatic rings. The van der Waals surface area contributed by atoms with Gasteiger partial charge in [-0.25, -0.2) is 4.39 Å². The molecule has 0 aliphatic carbocycles. The van der Waals surface area contributed by atoms with Gasteiger partial charge in [0.25, 0.3) is 0 Å². The van der Waals surface area contributed by atoms with Crippen LogP contribution in [-0.2, 0) is 0 Å². The second-order valence-electron chi connectivity index (χ2n) is 5.94. The average Bonchev–Trinajstić information content (AvgIpc) is 2.43. The first-order valence-corrected chi connectivity index (χ1v) is 8.55. The Morgan fingerprint density at radius 1 is 1.25 bits per heavy atom. The van der Waals surface area contributed by atoms with E-state index in [9.17, 15) is 4.39 Å². The molecule has 1 atom stereocenters. The van der Waals surface area contributed by atoms with Crippen LogP contribution < -0.4 is 5.32 Å². The molecule has 0 aromatic heterocycles. The van der Waals surface area contributed by atoms with Gasteiger partial charge in [0.1, 0.15) is 5.82 Å². The number of hydrogen-bond donors (Lipinski definition) is 1. The summed E-state index contributed by atoms with van der Waals surface area (Å²) in [5.41, 5.74) is 0.874. The maximum absolute atomic E-state index is 14.3. The fraction of sp³-hybridized carbons (Fsp3) is 0.625. The van der Waals surface area contributed by atoms with Crippen LogP contribution in [0.25, 0.3) is 0 Å². The van der Waals surface area contributed by atoms with Crippen molar-refractivity contribution in [3.63, 3.8) is 0 Å². The molecule has 1 N–H and O–H groups in total. The molecule has 1 aromatic rings. The van der Waals surface area contributed by atoms with Crippen molar-refractivity contribution in [2.75, 3.05) is 26.2 Å². The predicted molar refractivity (Wildman–Crippen MR) is 90.4 cm³/mol. The lowest BCUT2D eigenvalue weighted by Gasteiger charge is -2.36. The number of benzene rings is 1. The molecule has 2 rings (SSSR count). The number of halogens is 2. The van der Waals surface area contributed by atoms with Gasteiger partial charge in [0.05, 0.1) is 0 Å². The first-order chi connectivity index (χ1) is 9.58. The summed E-state index contributed by atoms with van der Waals surface area (Å²) in [6.07, 6.45) is 2.17. The number of nitrogens with one attached hydrogen (secondary N) is 1. The van der Waals surface area contributed by atoms with Crippen molar-refractivity contribution in [1.29, 1.82) is 0 Å². The van der Waals surface area contributed by atoms with Gasteiger partial charge in [-0.15, -0.1) is 0 Å². The van der Waals surface area contributed by atoms with E-state index >= 15 is 0 Å². The van der Waals surface area contributed by atoms with Crippen molar-refractivity contribution in [3.8, 4) is 0 Å². The smallest absolute Gasteiger partial charge is 0.128 e. The third-order valence-corrected chi connectivity index (χ3v) is 4.60. The van der Waals surface area contributed by atoms with Gasteiger partial charge in [-0.3, -0.25) is 4.90 Å². The van der Waals surface area contributed by atoms with Gasteiger partial charge in [0.2, 0.25) is 0 Å². The molecule has 20 heavy (non-hydrogen) atoms. The Morgan fingerprint density at radius 3 is 2.60 bits per heavy atom. The Hall–Kier alpha value is -0.200. The van der Waals surface area contributed by atoms with Gasteiger partial charge in [-0.05, 0) is 59.5 Å². The van der Waals surface area contributed by atoms with Gasteiger partial charge >= 0.3 is 0 Å². The maximum Gasteiger partial charge on any atom is 0.128 e. The first-order valence-electron chi connectivity index (χ1n) is 7.47. The molecule has 4 heteroatoms. The summed E-state index contributed by atoms with van der Waals surface area (Å²) in [7, 11) is 0. The molecule has 0 spiro atoms. The number of nitrogens with zero attached hydrogens (tertiary/aromatic N) is 1. The summed E-state index contributed by atoms with van der Waals surface area (Å²) in [5.74, 6) is 0.601. The van der Waals surface area contributed by atoms with Crippen LogP contribution in [0, 0.1) is 15.3 Å². The van der Waals surface area contributed by atoms with E-state index in [1.807, 2.05) is 12.1 Å². The summed E-state index contributed by atoms with van der Waals surface area (Å²) in [5, 5.41) is 3.38. The van der Waals surface area contributed by atoms with Gasteiger partial charge < -0.3 is 5.32 Å². The van der Waals surface area contributed by atoms with Crippen LogP contribution in [0.4, 0.5) is 4.39 Å². The van der Waals surface area contributed by atoms with E-state index in [4.69, 9.17) is 0 Å². The highest BCUT2D eigenvalue weighted by Gasteiger charge is 2.24. The van der Waals surface area contributed by atoms with E-state index in [1.54, 1.807) is 6.07 Å². The summed E-state index contributed by atoms with van der Waals surface area (Å²) in [6, 6.07) is 5.69. The normalized spacial score (nSPS) is 18.4. The lowest BCUT2D eigenvalue weighted by molar-refractivity contribution is 0.156. The number of hydrogen-bond acceptors (Lipinski definition) is 2. The third-order valence-electron chi connectivity index (χ3n) is 3.93. The largest absolute Gasteiger partial charge is 0.314 e. The highest BCUT2D eigenvalue weighted by Crippen LogP contribution is 2.30. The van der Waals surface area contributed by atoms with E-state index in [1.165, 1.54) is 0 Å². The van der Waals surface area contributed by atoms with Crippen LogP contribution in [0.3, 0.4) is 0 Å². The van der Waals surface area contributed by atoms with E-state index in [0.29, 0.717) is 5.92 Å². The molecular formula is C16H24FIN2. The Balaban J connectivity index is 2.21. The lowest BCUT2D eigenvalue weighted by atomic mass is 9.95. The average molecular weight is 390 g/mol. The molecule has 1 aromatic carbocycles. The minimum absolute atomic E-state index is 0.0577. The molecule has 0 unspecified atom stereocenters. The summed E-state index contributed by atoms with van der Waals surface area (Å²) >= 11 is 2.27. The molecule has 112 valence electrons. The monoisotopic (exact) mass is 390 g/mol. The Kier molecular flexibility index (Phi) is 6.23. The third kappa shape index (κ3) is 4.40. The highest BCUT2D eigenvalue weighted by atomic mass is 127. The quantitative estimate of drug-likeness (QED) is 0.770. The fourth-order valence-corrected chi connectivity index (χ4v) is 3.31. The van der Waals surface area contributed by atoms with Crippen molar-refractivity contribution >= 4 is 22.6 Å². The Morgan fingerprint density at radius 2 is 1.95 bits per heavy atom. The van der Waals surface area contributed by atoms with Crippen molar-refractivity contribution in [3.05, 3.63) is 33.1 Å². The van der Waals surface area contributed by atoms with Crippen LogP contribution in [-0.4, -0.2) is 31.1 Å². The second-order valence-corrected chi connectivity index (χ2v) is 7.18. The van der Waals surface area contributed by atoms with Gasteiger partial charge in [0, 0.05) is 41.4 Å². The summed E-state index contributed by atoms with van der Waals surface area (Å²) in [6.45, 7) is 8.49. The van der Waals surface area contributed by atoms with Crippen LogP contribution in [0.15, 0.2) is 18.2 Å². The minimum atomic E-state index is -0.0577. The first kappa shape index (κ1) is 16.2. The van der Waals surface area contributed by atoms with Gasteiger partial charge in [0.15, 0.2) is 0 Å². The lowest BCUT2D eigenvalue weighted by Crippen LogP contribution is -2.45. The highest BCUT2D eigenvalue weighted by molar-refractivity contribution is 14.1. The molecule has 1 saturated heterocycles. The topological polar surface area (TPSA) is 15.3 Å². The zero-order chi connectivity index (χ0) is 14.5. The SMILES string of the molecule is CC(C)CC[C@H](c1cc(I)ccc1F)N1CCNCC1.